The summed E-state index contributed by atoms with van der Waals surface area (Å²) >= 11 is 7.33. The number of carboxylic acids is 1. The van der Waals surface area contributed by atoms with Crippen LogP contribution < -0.4 is 15.4 Å². The molecule has 2 amide bonds. The highest BCUT2D eigenvalue weighted by Gasteiger charge is 2.27. The maximum Gasteiger partial charge on any atom is 0.306 e. The van der Waals surface area contributed by atoms with Crippen molar-refractivity contribution in [2.75, 3.05) is 13.1 Å². The van der Waals surface area contributed by atoms with E-state index in [2.05, 4.69) is 10.6 Å². The lowest BCUT2D eigenvalue weighted by atomic mass is 9.87. The number of carbonyl (C=O) groups is 3. The Hall–Kier alpha value is -3.17. The first-order valence-electron chi connectivity index (χ1n) is 11.2. The van der Waals surface area contributed by atoms with Gasteiger partial charge in [0.2, 0.25) is 0 Å². The standard InChI is InChI=1S/C25H24ClFN2O5S/c26-16-3-8-21-15(11-16)12-22(35-21)24(31)29-10-9-28-23(30)19-7-6-18(13-20(19)27)34-17-4-1-14(2-5-17)25(32)33/h3,6-8,11-14,17H,1-2,4-5,9-10H2,(H,28,30)(H,29,31)(H,32,33). The number of aliphatic carboxylic acids is 1. The van der Waals surface area contributed by atoms with E-state index in [0.29, 0.717) is 41.3 Å². The van der Waals surface area contributed by atoms with E-state index in [1.54, 1.807) is 18.2 Å². The van der Waals surface area contributed by atoms with Gasteiger partial charge in [-0.15, -0.1) is 11.3 Å². The van der Waals surface area contributed by atoms with Crippen molar-refractivity contribution >= 4 is 50.8 Å². The number of benzene rings is 2. The van der Waals surface area contributed by atoms with E-state index in [1.807, 2.05) is 6.07 Å². The predicted octanol–water partition coefficient (Wildman–Crippen LogP) is 4.88. The molecule has 1 aromatic heterocycles. The Morgan fingerprint density at radius 3 is 2.40 bits per heavy atom. The molecule has 3 aromatic rings. The summed E-state index contributed by atoms with van der Waals surface area (Å²) in [6, 6.07) is 11.2. The molecular weight excluding hydrogens is 495 g/mol. The van der Waals surface area contributed by atoms with Gasteiger partial charge in [0, 0.05) is 28.9 Å². The second-order valence-electron chi connectivity index (χ2n) is 8.38. The van der Waals surface area contributed by atoms with E-state index in [9.17, 15) is 18.8 Å². The molecule has 2 aromatic carbocycles. The number of halogens is 2. The Bertz CT molecular complexity index is 1260. The Balaban J connectivity index is 1.23. The minimum absolute atomic E-state index is 0.125. The molecule has 0 spiro atoms. The van der Waals surface area contributed by atoms with Crippen molar-refractivity contribution in [2.45, 2.75) is 31.8 Å². The maximum atomic E-state index is 14.5. The molecule has 0 radical (unpaired) electrons. The zero-order valence-electron chi connectivity index (χ0n) is 18.7. The second-order valence-corrected chi connectivity index (χ2v) is 9.90. The number of hydrogen-bond donors (Lipinski definition) is 3. The summed E-state index contributed by atoms with van der Waals surface area (Å²) in [6.45, 7) is 0.313. The molecular formula is C25H24ClFN2O5S. The monoisotopic (exact) mass is 518 g/mol. The van der Waals surface area contributed by atoms with E-state index in [-0.39, 0.29) is 36.6 Å². The summed E-state index contributed by atoms with van der Waals surface area (Å²) in [4.78, 5) is 36.3. The summed E-state index contributed by atoms with van der Waals surface area (Å²) in [5.41, 5.74) is -0.125. The quantitative estimate of drug-likeness (QED) is 0.369. The Kier molecular flexibility index (Phi) is 7.87. The van der Waals surface area contributed by atoms with Gasteiger partial charge in [-0.25, -0.2) is 4.39 Å². The van der Waals surface area contributed by atoms with Gasteiger partial charge >= 0.3 is 5.97 Å². The molecule has 0 bridgehead atoms. The SMILES string of the molecule is O=C(NCCNC(=O)c1ccc(OC2CCC(C(=O)O)CC2)cc1F)c1cc2cc(Cl)ccc2s1. The normalized spacial score (nSPS) is 17.7. The van der Waals surface area contributed by atoms with Crippen molar-refractivity contribution in [3.8, 4) is 5.75 Å². The summed E-state index contributed by atoms with van der Waals surface area (Å²) in [5.74, 6) is -2.42. The van der Waals surface area contributed by atoms with Crippen LogP contribution in [-0.4, -0.2) is 42.1 Å². The van der Waals surface area contributed by atoms with E-state index in [0.717, 1.165) is 16.2 Å². The van der Waals surface area contributed by atoms with Crippen molar-refractivity contribution in [2.24, 2.45) is 5.92 Å². The van der Waals surface area contributed by atoms with Crippen LogP contribution in [0.5, 0.6) is 5.75 Å². The van der Waals surface area contributed by atoms with Gasteiger partial charge in [0.15, 0.2) is 0 Å². The van der Waals surface area contributed by atoms with Crippen molar-refractivity contribution in [1.29, 1.82) is 0 Å². The lowest BCUT2D eigenvalue weighted by molar-refractivity contribution is -0.143. The van der Waals surface area contributed by atoms with Gasteiger partial charge in [0.05, 0.1) is 22.5 Å². The van der Waals surface area contributed by atoms with Gasteiger partial charge < -0.3 is 20.5 Å². The molecule has 0 aliphatic heterocycles. The van der Waals surface area contributed by atoms with E-state index in [1.165, 1.54) is 23.5 Å². The minimum atomic E-state index is -0.796. The molecule has 1 saturated carbocycles. The number of carboxylic acid groups (broad SMARTS) is 1. The van der Waals surface area contributed by atoms with Gasteiger partial charge in [-0.2, -0.15) is 0 Å². The molecule has 7 nitrogen and oxygen atoms in total. The lowest BCUT2D eigenvalue weighted by Crippen LogP contribution is -2.34. The molecule has 1 fully saturated rings. The molecule has 0 saturated heterocycles. The van der Waals surface area contributed by atoms with E-state index >= 15 is 0 Å². The number of thiophene rings is 1. The zero-order chi connectivity index (χ0) is 24.9. The van der Waals surface area contributed by atoms with Crippen LogP contribution in [0.1, 0.15) is 45.7 Å². The average Bonchev–Trinajstić information content (AvgIpc) is 3.25. The summed E-state index contributed by atoms with van der Waals surface area (Å²) in [7, 11) is 0. The minimum Gasteiger partial charge on any atom is -0.490 e. The molecule has 3 N–H and O–H groups in total. The molecule has 1 aliphatic carbocycles. The fraction of sp³-hybridized carbons (Fsp3) is 0.320. The van der Waals surface area contributed by atoms with Gasteiger partial charge in [-0.1, -0.05) is 11.6 Å². The molecule has 0 atom stereocenters. The third kappa shape index (κ3) is 6.29. The number of nitrogens with one attached hydrogen (secondary N) is 2. The maximum absolute atomic E-state index is 14.5. The summed E-state index contributed by atoms with van der Waals surface area (Å²) < 4.78 is 21.2. The van der Waals surface area contributed by atoms with Gasteiger partial charge in [-0.3, -0.25) is 14.4 Å². The Labute approximate surface area is 210 Å². The van der Waals surface area contributed by atoms with Gasteiger partial charge in [0.1, 0.15) is 11.6 Å². The molecule has 0 unspecified atom stereocenters. The smallest absolute Gasteiger partial charge is 0.306 e. The summed E-state index contributed by atoms with van der Waals surface area (Å²) in [6.07, 6.45) is 2.04. The van der Waals surface area contributed by atoms with Crippen LogP contribution in [0.4, 0.5) is 4.39 Å². The highest BCUT2D eigenvalue weighted by molar-refractivity contribution is 7.20. The van der Waals surface area contributed by atoms with Crippen LogP contribution in [0.2, 0.25) is 5.02 Å². The molecule has 1 aliphatic rings. The van der Waals surface area contributed by atoms with E-state index in [4.69, 9.17) is 21.4 Å². The lowest BCUT2D eigenvalue weighted by Gasteiger charge is -2.26. The number of amides is 2. The summed E-state index contributed by atoms with van der Waals surface area (Å²) in [5, 5.41) is 15.9. The third-order valence-electron chi connectivity index (χ3n) is 5.91. The van der Waals surface area contributed by atoms with Crippen LogP contribution in [0.25, 0.3) is 10.1 Å². The van der Waals surface area contributed by atoms with Crippen LogP contribution in [0, 0.1) is 11.7 Å². The number of fused-ring (bicyclic) bond motifs is 1. The number of hydrogen-bond acceptors (Lipinski definition) is 5. The van der Waals surface area contributed by atoms with Crippen molar-refractivity contribution in [3.63, 3.8) is 0 Å². The first-order chi connectivity index (χ1) is 16.8. The van der Waals surface area contributed by atoms with Crippen LogP contribution in [-0.2, 0) is 4.79 Å². The number of ether oxygens (including phenoxy) is 1. The van der Waals surface area contributed by atoms with Gasteiger partial charge in [0.25, 0.3) is 11.8 Å². The van der Waals surface area contributed by atoms with Gasteiger partial charge in [-0.05, 0) is 67.5 Å². The van der Waals surface area contributed by atoms with Crippen LogP contribution in [0.15, 0.2) is 42.5 Å². The number of carbonyl (C=O) groups excluding carboxylic acids is 2. The fourth-order valence-electron chi connectivity index (χ4n) is 4.03. The molecule has 4 rings (SSSR count). The highest BCUT2D eigenvalue weighted by atomic mass is 35.5. The largest absolute Gasteiger partial charge is 0.490 e. The second kappa shape index (κ2) is 11.0. The van der Waals surface area contributed by atoms with Crippen molar-refractivity contribution in [1.82, 2.24) is 10.6 Å². The fourth-order valence-corrected chi connectivity index (χ4v) is 5.17. The number of rotatable bonds is 8. The van der Waals surface area contributed by atoms with E-state index < -0.39 is 17.7 Å². The zero-order valence-corrected chi connectivity index (χ0v) is 20.3. The predicted molar refractivity (Wildman–Crippen MR) is 132 cm³/mol. The highest BCUT2D eigenvalue weighted by Crippen LogP contribution is 2.29. The third-order valence-corrected chi connectivity index (χ3v) is 7.26. The first-order valence-corrected chi connectivity index (χ1v) is 12.4. The molecule has 1 heterocycles. The topological polar surface area (TPSA) is 105 Å². The molecule has 10 heteroatoms. The van der Waals surface area contributed by atoms with Crippen molar-refractivity contribution < 1.29 is 28.6 Å². The van der Waals surface area contributed by atoms with Crippen molar-refractivity contribution in [3.05, 3.63) is 63.7 Å². The average molecular weight is 519 g/mol. The van der Waals surface area contributed by atoms with Crippen LogP contribution >= 0.6 is 22.9 Å². The van der Waals surface area contributed by atoms with Crippen LogP contribution in [0.3, 0.4) is 0 Å². The Morgan fingerprint density at radius 1 is 1.00 bits per heavy atom. The Morgan fingerprint density at radius 2 is 1.71 bits per heavy atom. The molecule has 184 valence electrons. The molecule has 35 heavy (non-hydrogen) atoms. The first kappa shape index (κ1) is 24.9.